The van der Waals surface area contributed by atoms with Crippen LogP contribution in [0.25, 0.3) is 0 Å². The van der Waals surface area contributed by atoms with E-state index in [1.807, 2.05) is 26.3 Å². The third kappa shape index (κ3) is 5.61. The molecule has 1 aromatic heterocycles. The molecule has 0 aromatic carbocycles. The molecule has 0 saturated heterocycles. The van der Waals surface area contributed by atoms with E-state index in [4.69, 9.17) is 10.00 Å². The minimum atomic E-state index is -0.195. The van der Waals surface area contributed by atoms with Gasteiger partial charge in [0.2, 0.25) is 0 Å². The molecule has 0 N–H and O–H groups in total. The van der Waals surface area contributed by atoms with Crippen molar-refractivity contribution in [1.82, 2.24) is 4.98 Å². The first-order chi connectivity index (χ1) is 8.55. The first-order valence-electron chi connectivity index (χ1n) is 6.43. The molecule has 0 radical (unpaired) electrons. The zero-order valence-electron chi connectivity index (χ0n) is 11.5. The zero-order chi connectivity index (χ0) is 13.4. The predicted octanol–water partition coefficient (Wildman–Crippen LogP) is 3.73. The van der Waals surface area contributed by atoms with Gasteiger partial charge in [-0.05, 0) is 40.0 Å². The van der Waals surface area contributed by atoms with E-state index in [9.17, 15) is 0 Å². The monoisotopic (exact) mass is 266 g/mol. The van der Waals surface area contributed by atoms with E-state index in [0.717, 1.165) is 44.6 Å². The van der Waals surface area contributed by atoms with Crippen LogP contribution in [0.3, 0.4) is 0 Å². The number of nitrogens with zero attached hydrogens (tertiary/aromatic N) is 2. The summed E-state index contributed by atoms with van der Waals surface area (Å²) in [6, 6.07) is 2.32. The molecule has 0 aliphatic carbocycles. The van der Waals surface area contributed by atoms with E-state index in [-0.39, 0.29) is 5.41 Å². The van der Waals surface area contributed by atoms with Crippen LogP contribution in [0.4, 0.5) is 0 Å². The highest BCUT2D eigenvalue weighted by atomic mass is 32.1. The lowest BCUT2D eigenvalue weighted by atomic mass is 9.89. The van der Waals surface area contributed by atoms with Crippen molar-refractivity contribution >= 4 is 11.3 Å². The van der Waals surface area contributed by atoms with Crippen molar-refractivity contribution in [3.05, 3.63) is 16.1 Å². The van der Waals surface area contributed by atoms with Crippen LogP contribution >= 0.6 is 11.3 Å². The van der Waals surface area contributed by atoms with Crippen molar-refractivity contribution in [3.8, 4) is 6.07 Å². The Morgan fingerprint density at radius 2 is 2.17 bits per heavy atom. The van der Waals surface area contributed by atoms with E-state index in [0.29, 0.717) is 0 Å². The summed E-state index contributed by atoms with van der Waals surface area (Å²) in [7, 11) is 0. The number of nitriles is 1. The van der Waals surface area contributed by atoms with Gasteiger partial charge in [-0.2, -0.15) is 5.26 Å². The second-order valence-electron chi connectivity index (χ2n) is 5.18. The van der Waals surface area contributed by atoms with Crippen LogP contribution < -0.4 is 0 Å². The molecular formula is C14H22N2OS. The van der Waals surface area contributed by atoms with Crippen molar-refractivity contribution in [3.63, 3.8) is 0 Å². The standard InChI is InChI=1S/C14H22N2OS/c1-12-13(18-11-16-12)6-9-17-8-5-4-7-14(2,3)10-15/h11H,4-9H2,1-3H3. The Balaban J connectivity index is 2.00. The number of ether oxygens (including phenoxy) is 1. The van der Waals surface area contributed by atoms with Gasteiger partial charge >= 0.3 is 0 Å². The van der Waals surface area contributed by atoms with Gasteiger partial charge < -0.3 is 4.74 Å². The fourth-order valence-electron chi connectivity index (χ4n) is 1.66. The van der Waals surface area contributed by atoms with Crippen molar-refractivity contribution < 1.29 is 4.74 Å². The maximum Gasteiger partial charge on any atom is 0.0797 e. The van der Waals surface area contributed by atoms with E-state index >= 15 is 0 Å². The Hall–Kier alpha value is -0.920. The summed E-state index contributed by atoms with van der Waals surface area (Å²) in [6.45, 7) is 7.57. The minimum Gasteiger partial charge on any atom is -0.381 e. The van der Waals surface area contributed by atoms with Gasteiger partial charge in [-0.25, -0.2) is 4.98 Å². The maximum absolute atomic E-state index is 8.88. The second-order valence-corrected chi connectivity index (χ2v) is 6.12. The average Bonchev–Trinajstić information content (AvgIpc) is 2.74. The number of rotatable bonds is 8. The molecule has 100 valence electrons. The highest BCUT2D eigenvalue weighted by molar-refractivity contribution is 7.09. The maximum atomic E-state index is 8.88. The van der Waals surface area contributed by atoms with Crippen molar-refractivity contribution in [1.29, 1.82) is 5.26 Å². The highest BCUT2D eigenvalue weighted by Crippen LogP contribution is 2.21. The molecule has 3 nitrogen and oxygen atoms in total. The Morgan fingerprint density at radius 3 is 2.78 bits per heavy atom. The van der Waals surface area contributed by atoms with E-state index in [1.54, 1.807) is 11.3 Å². The van der Waals surface area contributed by atoms with Crippen molar-refractivity contribution in [2.24, 2.45) is 5.41 Å². The van der Waals surface area contributed by atoms with Gasteiger partial charge in [0.15, 0.2) is 0 Å². The summed E-state index contributed by atoms with van der Waals surface area (Å²) < 4.78 is 5.61. The lowest BCUT2D eigenvalue weighted by molar-refractivity contribution is 0.131. The Kier molecular flexibility index (Phi) is 6.31. The quantitative estimate of drug-likeness (QED) is 0.673. The number of aryl methyl sites for hydroxylation is 1. The fourth-order valence-corrected chi connectivity index (χ4v) is 2.42. The molecule has 0 saturated carbocycles. The van der Waals surface area contributed by atoms with Gasteiger partial charge in [0.1, 0.15) is 0 Å². The molecule has 18 heavy (non-hydrogen) atoms. The van der Waals surface area contributed by atoms with E-state index in [2.05, 4.69) is 11.1 Å². The molecule has 0 amide bonds. The van der Waals surface area contributed by atoms with Crippen molar-refractivity contribution in [2.45, 2.75) is 46.5 Å². The highest BCUT2D eigenvalue weighted by Gasteiger charge is 2.15. The molecule has 1 heterocycles. The van der Waals surface area contributed by atoms with Crippen LogP contribution in [0.2, 0.25) is 0 Å². The van der Waals surface area contributed by atoms with Gasteiger partial charge in [0.25, 0.3) is 0 Å². The second kappa shape index (κ2) is 7.50. The van der Waals surface area contributed by atoms with Crippen LogP contribution in [0.1, 0.15) is 43.7 Å². The first-order valence-corrected chi connectivity index (χ1v) is 7.31. The molecule has 1 aromatic rings. The normalized spacial score (nSPS) is 11.4. The number of aromatic nitrogens is 1. The van der Waals surface area contributed by atoms with Gasteiger partial charge in [0.05, 0.1) is 29.3 Å². The molecule has 0 aliphatic heterocycles. The summed E-state index contributed by atoms with van der Waals surface area (Å²) in [5, 5.41) is 8.88. The van der Waals surface area contributed by atoms with Crippen LogP contribution in [-0.2, 0) is 11.2 Å². The summed E-state index contributed by atoms with van der Waals surface area (Å²) in [5.74, 6) is 0. The van der Waals surface area contributed by atoms with E-state index in [1.165, 1.54) is 4.88 Å². The number of hydrogen-bond acceptors (Lipinski definition) is 4. The minimum absolute atomic E-state index is 0.195. The molecular weight excluding hydrogens is 244 g/mol. The van der Waals surface area contributed by atoms with Gasteiger partial charge in [-0.1, -0.05) is 0 Å². The lowest BCUT2D eigenvalue weighted by Gasteiger charge is -2.14. The first kappa shape index (κ1) is 15.1. The third-order valence-corrected chi connectivity index (χ3v) is 3.96. The topological polar surface area (TPSA) is 45.9 Å². The van der Waals surface area contributed by atoms with Crippen LogP contribution in [-0.4, -0.2) is 18.2 Å². The predicted molar refractivity (Wildman–Crippen MR) is 74.6 cm³/mol. The molecule has 0 atom stereocenters. The van der Waals surface area contributed by atoms with Gasteiger partial charge in [-0.3, -0.25) is 0 Å². The number of thiazole rings is 1. The largest absolute Gasteiger partial charge is 0.381 e. The summed E-state index contributed by atoms with van der Waals surface area (Å²) in [4.78, 5) is 5.53. The fraction of sp³-hybridized carbons (Fsp3) is 0.714. The molecule has 0 aliphatic rings. The van der Waals surface area contributed by atoms with Crippen LogP contribution in [0, 0.1) is 23.7 Å². The number of unbranched alkanes of at least 4 members (excludes halogenated alkanes) is 1. The molecule has 0 fully saturated rings. The summed E-state index contributed by atoms with van der Waals surface area (Å²) >= 11 is 1.70. The molecule has 0 bridgehead atoms. The number of hydrogen-bond donors (Lipinski definition) is 0. The van der Waals surface area contributed by atoms with Crippen LogP contribution in [0.5, 0.6) is 0 Å². The SMILES string of the molecule is Cc1ncsc1CCOCCCCC(C)(C)C#N. The van der Waals surface area contributed by atoms with E-state index < -0.39 is 0 Å². The summed E-state index contributed by atoms with van der Waals surface area (Å²) in [6.07, 6.45) is 3.99. The summed E-state index contributed by atoms with van der Waals surface area (Å²) in [5.41, 5.74) is 2.81. The smallest absolute Gasteiger partial charge is 0.0797 e. The van der Waals surface area contributed by atoms with Gasteiger partial charge in [-0.15, -0.1) is 11.3 Å². The zero-order valence-corrected chi connectivity index (χ0v) is 12.3. The third-order valence-electron chi connectivity index (χ3n) is 2.96. The molecule has 0 unspecified atom stereocenters. The van der Waals surface area contributed by atoms with Gasteiger partial charge in [0, 0.05) is 17.9 Å². The molecule has 4 heteroatoms. The Bertz CT molecular complexity index is 393. The molecule has 1 rings (SSSR count). The van der Waals surface area contributed by atoms with Crippen molar-refractivity contribution in [2.75, 3.05) is 13.2 Å². The Labute approximate surface area is 114 Å². The molecule has 0 spiro atoms. The Morgan fingerprint density at radius 1 is 1.39 bits per heavy atom. The average molecular weight is 266 g/mol. The van der Waals surface area contributed by atoms with Crippen LogP contribution in [0.15, 0.2) is 5.51 Å². The lowest BCUT2D eigenvalue weighted by Crippen LogP contribution is -2.08.